The van der Waals surface area contributed by atoms with Gasteiger partial charge in [-0.1, -0.05) is 36.9 Å². The molecule has 0 radical (unpaired) electrons. The number of ether oxygens (including phenoxy) is 1. The van der Waals surface area contributed by atoms with E-state index in [2.05, 4.69) is 0 Å². The van der Waals surface area contributed by atoms with Crippen LogP contribution in [0.25, 0.3) is 0 Å². The molecule has 1 N–H and O–H groups in total. The van der Waals surface area contributed by atoms with E-state index in [-0.39, 0.29) is 29.3 Å². The van der Waals surface area contributed by atoms with Gasteiger partial charge in [0.25, 0.3) is 0 Å². The van der Waals surface area contributed by atoms with Crippen LogP contribution < -0.4 is 4.74 Å². The molecule has 27 heavy (non-hydrogen) atoms. The van der Waals surface area contributed by atoms with Gasteiger partial charge in [-0.3, -0.25) is 9.59 Å². The summed E-state index contributed by atoms with van der Waals surface area (Å²) in [6.07, 6.45) is 0.231. The summed E-state index contributed by atoms with van der Waals surface area (Å²) >= 11 is 1.61. The number of carbonyl (C=O) groups excluding carboxylic acids is 2. The normalized spacial score (nSPS) is 10.4. The van der Waals surface area contributed by atoms with Gasteiger partial charge in [-0.15, -0.1) is 0 Å². The smallest absolute Gasteiger partial charge is 0.310 e. The molecule has 4 nitrogen and oxygen atoms in total. The van der Waals surface area contributed by atoms with Gasteiger partial charge in [0.1, 0.15) is 11.5 Å². The van der Waals surface area contributed by atoms with Crippen molar-refractivity contribution in [2.75, 3.05) is 0 Å². The summed E-state index contributed by atoms with van der Waals surface area (Å²) in [7, 11) is 0. The van der Waals surface area contributed by atoms with Crippen LogP contribution in [0.4, 0.5) is 0 Å². The number of phenols is 1. The molecule has 0 aromatic heterocycles. The highest BCUT2D eigenvalue weighted by molar-refractivity contribution is 7.99. The van der Waals surface area contributed by atoms with Crippen LogP contribution in [-0.4, -0.2) is 16.9 Å². The van der Waals surface area contributed by atoms with Gasteiger partial charge in [0.05, 0.1) is 5.56 Å². The van der Waals surface area contributed by atoms with E-state index in [9.17, 15) is 14.7 Å². The molecule has 5 heteroatoms. The molecular weight excluding hydrogens is 360 g/mol. The first-order chi connectivity index (χ1) is 13.1. The zero-order chi connectivity index (χ0) is 19.2. The molecule has 0 bridgehead atoms. The maximum absolute atomic E-state index is 12.7. The molecule has 0 aliphatic carbocycles. The summed E-state index contributed by atoms with van der Waals surface area (Å²) in [6.45, 7) is 1.68. The average molecular weight is 378 g/mol. The van der Waals surface area contributed by atoms with Crippen molar-refractivity contribution < 1.29 is 19.4 Å². The number of benzene rings is 3. The van der Waals surface area contributed by atoms with E-state index in [1.807, 2.05) is 42.5 Å². The summed E-state index contributed by atoms with van der Waals surface area (Å²) in [6, 6.07) is 21.4. The van der Waals surface area contributed by atoms with Gasteiger partial charge in [-0.2, -0.15) is 0 Å². The minimum absolute atomic E-state index is 0.162. The predicted molar refractivity (Wildman–Crippen MR) is 104 cm³/mol. The lowest BCUT2D eigenvalue weighted by Gasteiger charge is -2.08. The Morgan fingerprint density at radius 3 is 2.22 bits per heavy atom. The first-order valence-corrected chi connectivity index (χ1v) is 9.30. The van der Waals surface area contributed by atoms with Crippen LogP contribution in [0.1, 0.15) is 29.3 Å². The standard InChI is InChI=1S/C22H18O4S/c1-2-21(24)26-16-10-13-19(20(23)14-16)22(25)15-8-11-18(12-9-15)27-17-6-4-3-5-7-17/h3-14,23H,2H2,1H3. The van der Waals surface area contributed by atoms with Crippen molar-refractivity contribution in [1.29, 1.82) is 0 Å². The Morgan fingerprint density at radius 1 is 0.926 bits per heavy atom. The molecule has 136 valence electrons. The van der Waals surface area contributed by atoms with E-state index in [1.54, 1.807) is 30.8 Å². The van der Waals surface area contributed by atoms with Crippen LogP contribution >= 0.6 is 11.8 Å². The van der Waals surface area contributed by atoms with Crippen LogP contribution in [0.3, 0.4) is 0 Å². The van der Waals surface area contributed by atoms with Crippen LogP contribution in [0, 0.1) is 0 Å². The van der Waals surface area contributed by atoms with E-state index in [0.29, 0.717) is 5.56 Å². The number of aromatic hydroxyl groups is 1. The Hall–Kier alpha value is -3.05. The number of esters is 1. The maximum atomic E-state index is 12.7. The van der Waals surface area contributed by atoms with Crippen molar-refractivity contribution in [1.82, 2.24) is 0 Å². The molecule has 0 spiro atoms. The molecule has 0 aliphatic rings. The van der Waals surface area contributed by atoms with Gasteiger partial charge in [0.2, 0.25) is 0 Å². The molecule has 0 heterocycles. The molecule has 0 saturated carbocycles. The van der Waals surface area contributed by atoms with Crippen molar-refractivity contribution in [3.63, 3.8) is 0 Å². The number of phenolic OH excluding ortho intramolecular Hbond substituents is 1. The lowest BCUT2D eigenvalue weighted by molar-refractivity contribution is -0.134. The fourth-order valence-electron chi connectivity index (χ4n) is 2.43. The van der Waals surface area contributed by atoms with Crippen molar-refractivity contribution in [2.45, 2.75) is 23.1 Å². The predicted octanol–water partition coefficient (Wildman–Crippen LogP) is 5.09. The third kappa shape index (κ3) is 4.77. The molecule has 0 atom stereocenters. The zero-order valence-corrected chi connectivity index (χ0v) is 15.5. The minimum Gasteiger partial charge on any atom is -0.507 e. The summed E-state index contributed by atoms with van der Waals surface area (Å²) in [5.74, 6) is -0.702. The van der Waals surface area contributed by atoms with Gasteiger partial charge in [0, 0.05) is 27.8 Å². The average Bonchev–Trinajstić information content (AvgIpc) is 2.69. The highest BCUT2D eigenvalue weighted by Crippen LogP contribution is 2.29. The molecule has 3 aromatic carbocycles. The molecule has 3 aromatic rings. The highest BCUT2D eigenvalue weighted by atomic mass is 32.2. The van der Waals surface area contributed by atoms with E-state index < -0.39 is 5.97 Å². The third-order valence-electron chi connectivity index (χ3n) is 3.83. The number of hydrogen-bond acceptors (Lipinski definition) is 5. The largest absolute Gasteiger partial charge is 0.507 e. The van der Waals surface area contributed by atoms with E-state index >= 15 is 0 Å². The molecule has 3 rings (SSSR count). The Morgan fingerprint density at radius 2 is 1.59 bits per heavy atom. The topological polar surface area (TPSA) is 63.6 Å². The fourth-order valence-corrected chi connectivity index (χ4v) is 3.26. The quantitative estimate of drug-likeness (QED) is 0.368. The van der Waals surface area contributed by atoms with Crippen LogP contribution in [-0.2, 0) is 4.79 Å². The lowest BCUT2D eigenvalue weighted by atomic mass is 10.0. The van der Waals surface area contributed by atoms with Crippen molar-refractivity contribution >= 4 is 23.5 Å². The second-order valence-electron chi connectivity index (χ2n) is 5.78. The Bertz CT molecular complexity index is 950. The molecule has 0 aliphatic heterocycles. The highest BCUT2D eigenvalue weighted by Gasteiger charge is 2.15. The lowest BCUT2D eigenvalue weighted by Crippen LogP contribution is -2.06. The third-order valence-corrected chi connectivity index (χ3v) is 4.85. The van der Waals surface area contributed by atoms with Crippen molar-refractivity contribution in [3.8, 4) is 11.5 Å². The SMILES string of the molecule is CCC(=O)Oc1ccc(C(=O)c2ccc(Sc3ccccc3)cc2)c(O)c1. The second-order valence-corrected chi connectivity index (χ2v) is 6.92. The summed E-state index contributed by atoms with van der Waals surface area (Å²) in [5.41, 5.74) is 0.635. The number of rotatable bonds is 6. The minimum atomic E-state index is -0.403. The molecule has 0 fully saturated rings. The number of carbonyl (C=O) groups is 2. The molecule has 0 unspecified atom stereocenters. The van der Waals surface area contributed by atoms with E-state index in [0.717, 1.165) is 9.79 Å². The van der Waals surface area contributed by atoms with Crippen LogP contribution in [0.15, 0.2) is 82.6 Å². The van der Waals surface area contributed by atoms with E-state index in [4.69, 9.17) is 4.74 Å². The first kappa shape index (κ1) is 18.7. The monoisotopic (exact) mass is 378 g/mol. The van der Waals surface area contributed by atoms with Gasteiger partial charge in [0.15, 0.2) is 5.78 Å². The summed E-state index contributed by atoms with van der Waals surface area (Å²) in [4.78, 5) is 26.1. The van der Waals surface area contributed by atoms with Gasteiger partial charge >= 0.3 is 5.97 Å². The zero-order valence-electron chi connectivity index (χ0n) is 14.7. The van der Waals surface area contributed by atoms with Crippen LogP contribution in [0.2, 0.25) is 0 Å². The van der Waals surface area contributed by atoms with Gasteiger partial charge in [-0.05, 0) is 48.5 Å². The van der Waals surface area contributed by atoms with Gasteiger partial charge in [-0.25, -0.2) is 0 Å². The summed E-state index contributed by atoms with van der Waals surface area (Å²) < 4.78 is 5.04. The summed E-state index contributed by atoms with van der Waals surface area (Å²) in [5, 5.41) is 10.1. The van der Waals surface area contributed by atoms with E-state index in [1.165, 1.54) is 18.2 Å². The van der Waals surface area contributed by atoms with Crippen molar-refractivity contribution in [3.05, 3.63) is 83.9 Å². The number of hydrogen-bond donors (Lipinski definition) is 1. The van der Waals surface area contributed by atoms with Crippen LogP contribution in [0.5, 0.6) is 11.5 Å². The molecule has 0 saturated heterocycles. The Kier molecular flexibility index (Phi) is 5.94. The first-order valence-electron chi connectivity index (χ1n) is 8.48. The van der Waals surface area contributed by atoms with Crippen molar-refractivity contribution in [2.24, 2.45) is 0 Å². The Labute approximate surface area is 161 Å². The molecule has 0 amide bonds. The maximum Gasteiger partial charge on any atom is 0.310 e. The fraction of sp³-hybridized carbons (Fsp3) is 0.0909. The van der Waals surface area contributed by atoms with Gasteiger partial charge < -0.3 is 9.84 Å². The Balaban J connectivity index is 1.74. The molecular formula is C22H18O4S. The number of ketones is 1. The second kappa shape index (κ2) is 8.56.